The van der Waals surface area contributed by atoms with Crippen LogP contribution < -0.4 is 5.32 Å². The highest BCUT2D eigenvalue weighted by molar-refractivity contribution is 9.10. The zero-order chi connectivity index (χ0) is 11.5. The van der Waals surface area contributed by atoms with Gasteiger partial charge < -0.3 is 9.88 Å². The van der Waals surface area contributed by atoms with Crippen molar-refractivity contribution in [2.75, 3.05) is 26.7 Å². The van der Waals surface area contributed by atoms with Crippen molar-refractivity contribution in [3.8, 4) is 0 Å². The molecule has 0 radical (unpaired) electrons. The summed E-state index contributed by atoms with van der Waals surface area (Å²) in [6, 6.07) is 0.425. The Morgan fingerprint density at radius 3 is 2.69 bits per heavy atom. The zero-order valence-corrected chi connectivity index (χ0v) is 11.5. The fourth-order valence-corrected chi connectivity index (χ4v) is 3.06. The van der Waals surface area contributed by atoms with E-state index in [1.807, 2.05) is 13.4 Å². The minimum absolute atomic E-state index is 0.425. The Balaban J connectivity index is 2.24. The van der Waals surface area contributed by atoms with Gasteiger partial charge >= 0.3 is 0 Å². The van der Waals surface area contributed by atoms with Gasteiger partial charge in [0.2, 0.25) is 0 Å². The van der Waals surface area contributed by atoms with Crippen molar-refractivity contribution in [1.29, 1.82) is 0 Å². The molecule has 1 unspecified atom stereocenters. The molecule has 1 fully saturated rings. The maximum atomic E-state index is 4.32. The topological polar surface area (TPSA) is 33.1 Å². The second-order valence-electron chi connectivity index (χ2n) is 4.35. The molecule has 1 aliphatic heterocycles. The van der Waals surface area contributed by atoms with Crippen LogP contribution >= 0.6 is 15.9 Å². The van der Waals surface area contributed by atoms with Crippen molar-refractivity contribution >= 4 is 15.9 Å². The molecule has 1 aromatic heterocycles. The first-order valence-corrected chi connectivity index (χ1v) is 6.58. The van der Waals surface area contributed by atoms with Gasteiger partial charge in [0, 0.05) is 13.6 Å². The quantitative estimate of drug-likeness (QED) is 0.912. The molecule has 0 aliphatic carbocycles. The van der Waals surface area contributed by atoms with E-state index in [4.69, 9.17) is 0 Å². The van der Waals surface area contributed by atoms with Gasteiger partial charge in [-0.1, -0.05) is 0 Å². The number of hydrogen-bond donors (Lipinski definition) is 1. The minimum atomic E-state index is 0.425. The molecule has 1 aromatic rings. The molecule has 2 heterocycles. The number of likely N-dealkylation sites (N-methyl/N-ethyl adjacent to an activating group) is 1. The molecule has 4 nitrogen and oxygen atoms in total. The summed E-state index contributed by atoms with van der Waals surface area (Å²) < 4.78 is 3.09. The lowest BCUT2D eigenvalue weighted by atomic mass is 10.2. The number of nitrogens with one attached hydrogen (secondary N) is 1. The highest BCUT2D eigenvalue weighted by Crippen LogP contribution is 2.28. The van der Waals surface area contributed by atoms with Crippen LogP contribution in [0.2, 0.25) is 0 Å². The van der Waals surface area contributed by atoms with Crippen LogP contribution in [-0.2, 0) is 7.05 Å². The van der Waals surface area contributed by atoms with Crippen LogP contribution in [0.1, 0.15) is 24.6 Å². The fraction of sp³-hybridized carbons (Fsp3) is 0.727. The molecule has 0 aromatic carbocycles. The predicted octanol–water partition coefficient (Wildman–Crippen LogP) is 1.54. The number of likely N-dealkylation sites (tertiary alicyclic amines) is 1. The van der Waals surface area contributed by atoms with E-state index in [0.717, 1.165) is 11.1 Å². The average molecular weight is 287 g/mol. The van der Waals surface area contributed by atoms with Crippen molar-refractivity contribution in [1.82, 2.24) is 19.8 Å². The summed E-state index contributed by atoms with van der Waals surface area (Å²) in [5.74, 6) is 0. The Bertz CT molecular complexity index is 324. The summed E-state index contributed by atoms with van der Waals surface area (Å²) >= 11 is 3.55. The molecule has 1 aliphatic rings. The van der Waals surface area contributed by atoms with Gasteiger partial charge in [0.1, 0.15) is 4.60 Å². The van der Waals surface area contributed by atoms with Gasteiger partial charge in [0.25, 0.3) is 0 Å². The minimum Gasteiger partial charge on any atom is -0.335 e. The number of halogens is 1. The Kier molecular flexibility index (Phi) is 4.00. The van der Waals surface area contributed by atoms with E-state index in [1.54, 1.807) is 0 Å². The first-order chi connectivity index (χ1) is 7.74. The van der Waals surface area contributed by atoms with Gasteiger partial charge in [0.05, 0.1) is 18.1 Å². The number of aryl methyl sites for hydroxylation is 1. The normalized spacial score (nSPS) is 19.2. The van der Waals surface area contributed by atoms with Crippen LogP contribution in [0.3, 0.4) is 0 Å². The van der Waals surface area contributed by atoms with Crippen LogP contribution in [0, 0.1) is 0 Å². The highest BCUT2D eigenvalue weighted by Gasteiger charge is 2.26. The highest BCUT2D eigenvalue weighted by atomic mass is 79.9. The maximum Gasteiger partial charge on any atom is 0.128 e. The van der Waals surface area contributed by atoms with Gasteiger partial charge in [-0.15, -0.1) is 0 Å². The second-order valence-corrected chi connectivity index (χ2v) is 5.10. The van der Waals surface area contributed by atoms with Crippen molar-refractivity contribution in [3.05, 3.63) is 16.6 Å². The number of imidazole rings is 1. The number of hydrogen-bond acceptors (Lipinski definition) is 3. The molecular formula is C11H19BrN4. The molecule has 0 bridgehead atoms. The van der Waals surface area contributed by atoms with E-state index in [1.165, 1.54) is 31.6 Å². The standard InChI is InChI=1S/C11H19BrN4/c1-13-7-9(16-5-3-4-6-16)10-11(12)14-8-15(10)2/h8-9,13H,3-7H2,1-2H3. The summed E-state index contributed by atoms with van der Waals surface area (Å²) in [4.78, 5) is 6.86. The summed E-state index contributed by atoms with van der Waals surface area (Å²) in [6.45, 7) is 3.37. The largest absolute Gasteiger partial charge is 0.335 e. The van der Waals surface area contributed by atoms with Gasteiger partial charge in [-0.25, -0.2) is 4.98 Å². The van der Waals surface area contributed by atoms with Crippen LogP contribution in [-0.4, -0.2) is 41.1 Å². The molecule has 90 valence electrons. The maximum absolute atomic E-state index is 4.32. The van der Waals surface area contributed by atoms with Gasteiger partial charge in [0.15, 0.2) is 0 Å². The molecule has 1 atom stereocenters. The van der Waals surface area contributed by atoms with Crippen molar-refractivity contribution in [2.24, 2.45) is 7.05 Å². The smallest absolute Gasteiger partial charge is 0.128 e. The molecule has 0 saturated carbocycles. The molecule has 5 heteroatoms. The lowest BCUT2D eigenvalue weighted by Crippen LogP contribution is -2.34. The molecule has 0 amide bonds. The number of rotatable bonds is 4. The Labute approximate surface area is 105 Å². The Morgan fingerprint density at radius 1 is 1.50 bits per heavy atom. The van der Waals surface area contributed by atoms with Crippen molar-refractivity contribution in [3.63, 3.8) is 0 Å². The van der Waals surface area contributed by atoms with E-state index in [9.17, 15) is 0 Å². The van der Waals surface area contributed by atoms with Crippen LogP contribution in [0.15, 0.2) is 10.9 Å². The predicted molar refractivity (Wildman–Crippen MR) is 68.4 cm³/mol. The third kappa shape index (κ3) is 2.31. The average Bonchev–Trinajstić information content (AvgIpc) is 2.87. The van der Waals surface area contributed by atoms with Crippen molar-refractivity contribution < 1.29 is 0 Å². The van der Waals surface area contributed by atoms with E-state index >= 15 is 0 Å². The number of nitrogens with zero attached hydrogens (tertiary/aromatic N) is 3. The van der Waals surface area contributed by atoms with Crippen LogP contribution in [0.4, 0.5) is 0 Å². The SMILES string of the molecule is CNCC(c1c(Br)ncn1C)N1CCCC1. The molecular weight excluding hydrogens is 268 g/mol. The first-order valence-electron chi connectivity index (χ1n) is 5.79. The summed E-state index contributed by atoms with van der Waals surface area (Å²) in [7, 11) is 4.07. The molecule has 16 heavy (non-hydrogen) atoms. The molecule has 0 spiro atoms. The molecule has 1 saturated heterocycles. The van der Waals surface area contributed by atoms with Gasteiger partial charge in [-0.2, -0.15) is 0 Å². The monoisotopic (exact) mass is 286 g/mol. The second kappa shape index (κ2) is 5.29. The summed E-state index contributed by atoms with van der Waals surface area (Å²) in [6.07, 6.45) is 4.50. The van der Waals surface area contributed by atoms with E-state index < -0.39 is 0 Å². The summed E-state index contributed by atoms with van der Waals surface area (Å²) in [5, 5.41) is 3.28. The zero-order valence-electron chi connectivity index (χ0n) is 9.91. The summed E-state index contributed by atoms with van der Waals surface area (Å²) in [5.41, 5.74) is 1.27. The van der Waals surface area contributed by atoms with E-state index in [0.29, 0.717) is 6.04 Å². The van der Waals surface area contributed by atoms with Gasteiger partial charge in [-0.05, 0) is 48.9 Å². The molecule has 2 rings (SSSR count). The van der Waals surface area contributed by atoms with E-state index in [-0.39, 0.29) is 0 Å². The van der Waals surface area contributed by atoms with Crippen LogP contribution in [0.5, 0.6) is 0 Å². The fourth-order valence-electron chi connectivity index (χ4n) is 2.43. The van der Waals surface area contributed by atoms with Crippen LogP contribution in [0.25, 0.3) is 0 Å². The third-order valence-corrected chi connectivity index (χ3v) is 3.84. The Hall–Kier alpha value is -0.390. The third-order valence-electron chi connectivity index (χ3n) is 3.23. The molecule has 1 N–H and O–H groups in total. The van der Waals surface area contributed by atoms with Gasteiger partial charge in [-0.3, -0.25) is 4.90 Å². The lowest BCUT2D eigenvalue weighted by Gasteiger charge is -2.27. The lowest BCUT2D eigenvalue weighted by molar-refractivity contribution is 0.233. The number of aromatic nitrogens is 2. The first kappa shape index (κ1) is 12.1. The van der Waals surface area contributed by atoms with Crippen molar-refractivity contribution in [2.45, 2.75) is 18.9 Å². The Morgan fingerprint density at radius 2 is 2.19 bits per heavy atom. The van der Waals surface area contributed by atoms with E-state index in [2.05, 4.69) is 42.7 Å².